The standard InChI is InChI=1S/C15H14Cl2O3/c1-15(2)6-11(18)13(12(19)7-15)14(20)9-4-3-8(16)5-10(9)17/h3-5,20H,6-7H2,1-2H3/p-1. The van der Waals surface area contributed by atoms with Crippen molar-refractivity contribution in [3.05, 3.63) is 39.4 Å². The van der Waals surface area contributed by atoms with Gasteiger partial charge in [0, 0.05) is 22.9 Å². The van der Waals surface area contributed by atoms with Crippen LogP contribution in [0.4, 0.5) is 0 Å². The minimum atomic E-state index is -0.614. The molecule has 0 unspecified atom stereocenters. The Morgan fingerprint density at radius 2 is 1.70 bits per heavy atom. The number of allylic oxidation sites excluding steroid dienone is 1. The number of benzene rings is 1. The molecule has 0 aliphatic heterocycles. The molecule has 1 aromatic rings. The van der Waals surface area contributed by atoms with Crippen LogP contribution in [0.3, 0.4) is 0 Å². The van der Waals surface area contributed by atoms with Gasteiger partial charge < -0.3 is 5.11 Å². The van der Waals surface area contributed by atoms with Crippen LogP contribution in [0.2, 0.25) is 10.0 Å². The number of Topliss-reactive ketones (excluding diaryl/α,β-unsaturated/α-hetero) is 2. The van der Waals surface area contributed by atoms with Crippen molar-refractivity contribution in [2.45, 2.75) is 26.7 Å². The molecule has 106 valence electrons. The third kappa shape index (κ3) is 2.89. The number of carbonyl (C=O) groups is 2. The first-order valence-electron chi connectivity index (χ1n) is 6.14. The molecular formula is C15H13Cl2O3-. The predicted octanol–water partition coefficient (Wildman–Crippen LogP) is 3.02. The van der Waals surface area contributed by atoms with E-state index in [-0.39, 0.29) is 29.0 Å². The normalized spacial score (nSPS) is 18.3. The Kier molecular flexibility index (Phi) is 3.94. The highest BCUT2D eigenvalue weighted by Crippen LogP contribution is 2.36. The second-order valence-corrected chi connectivity index (χ2v) is 6.54. The largest absolute Gasteiger partial charge is 0.871 e. The zero-order chi connectivity index (χ0) is 15.1. The van der Waals surface area contributed by atoms with Gasteiger partial charge in [0.2, 0.25) is 0 Å². The first kappa shape index (κ1) is 15.1. The Bertz CT molecular complexity index is 608. The van der Waals surface area contributed by atoms with Crippen LogP contribution in [0.25, 0.3) is 5.76 Å². The Morgan fingerprint density at radius 1 is 1.15 bits per heavy atom. The molecule has 0 atom stereocenters. The molecule has 1 aromatic carbocycles. The summed E-state index contributed by atoms with van der Waals surface area (Å²) in [5.41, 5.74) is -0.539. The van der Waals surface area contributed by atoms with Crippen LogP contribution in [0.1, 0.15) is 32.3 Å². The van der Waals surface area contributed by atoms with Crippen LogP contribution >= 0.6 is 23.2 Å². The highest BCUT2D eigenvalue weighted by molar-refractivity contribution is 6.36. The Labute approximate surface area is 127 Å². The molecule has 0 spiro atoms. The van der Waals surface area contributed by atoms with Crippen molar-refractivity contribution in [2.24, 2.45) is 5.41 Å². The predicted molar refractivity (Wildman–Crippen MR) is 76.4 cm³/mol. The molecule has 0 bridgehead atoms. The van der Waals surface area contributed by atoms with Crippen molar-refractivity contribution >= 4 is 40.5 Å². The van der Waals surface area contributed by atoms with Crippen molar-refractivity contribution in [1.29, 1.82) is 0 Å². The van der Waals surface area contributed by atoms with Gasteiger partial charge in [0.15, 0.2) is 11.6 Å². The molecular weight excluding hydrogens is 299 g/mol. The lowest BCUT2D eigenvalue weighted by atomic mass is 9.73. The maximum atomic E-state index is 12.4. The van der Waals surface area contributed by atoms with E-state index >= 15 is 0 Å². The zero-order valence-corrected chi connectivity index (χ0v) is 12.6. The highest BCUT2D eigenvalue weighted by atomic mass is 35.5. The number of halogens is 2. The van der Waals surface area contributed by atoms with Crippen molar-refractivity contribution < 1.29 is 14.7 Å². The topological polar surface area (TPSA) is 57.2 Å². The van der Waals surface area contributed by atoms with Crippen LogP contribution in [0.5, 0.6) is 0 Å². The average molecular weight is 312 g/mol. The molecule has 5 heteroatoms. The molecule has 1 saturated carbocycles. The lowest BCUT2D eigenvalue weighted by molar-refractivity contribution is -0.244. The first-order chi connectivity index (χ1) is 9.21. The molecule has 0 heterocycles. The summed E-state index contributed by atoms with van der Waals surface area (Å²) in [5, 5.41) is 12.9. The van der Waals surface area contributed by atoms with E-state index in [2.05, 4.69) is 0 Å². The summed E-state index contributed by atoms with van der Waals surface area (Å²) in [7, 11) is 0. The van der Waals surface area contributed by atoms with E-state index in [9.17, 15) is 14.7 Å². The summed E-state index contributed by atoms with van der Waals surface area (Å²) in [6.45, 7) is 3.67. The minimum Gasteiger partial charge on any atom is -0.871 e. The van der Waals surface area contributed by atoms with Gasteiger partial charge in [0.05, 0.1) is 5.57 Å². The van der Waals surface area contributed by atoms with Crippen molar-refractivity contribution in [3.63, 3.8) is 0 Å². The summed E-state index contributed by atoms with van der Waals surface area (Å²) in [5.74, 6) is -1.44. The van der Waals surface area contributed by atoms with E-state index in [1.165, 1.54) is 18.2 Å². The molecule has 0 N–H and O–H groups in total. The Morgan fingerprint density at radius 3 is 2.20 bits per heavy atom. The van der Waals surface area contributed by atoms with E-state index in [1.54, 1.807) is 0 Å². The third-order valence-electron chi connectivity index (χ3n) is 3.24. The van der Waals surface area contributed by atoms with Crippen molar-refractivity contribution in [1.82, 2.24) is 0 Å². The molecule has 0 saturated heterocycles. The Hall–Kier alpha value is -1.32. The average Bonchev–Trinajstić information content (AvgIpc) is 2.25. The fraction of sp³-hybridized carbons (Fsp3) is 0.333. The lowest BCUT2D eigenvalue weighted by Gasteiger charge is -2.31. The molecule has 1 aliphatic carbocycles. The SMILES string of the molecule is CC1(C)CC(=O)C(=C([O-])c2ccc(Cl)cc2Cl)C(=O)C1. The third-order valence-corrected chi connectivity index (χ3v) is 3.79. The second kappa shape index (κ2) is 5.23. The number of rotatable bonds is 1. The van der Waals surface area contributed by atoms with E-state index in [1.807, 2.05) is 13.8 Å². The fourth-order valence-electron chi connectivity index (χ4n) is 2.33. The second-order valence-electron chi connectivity index (χ2n) is 5.69. The van der Waals surface area contributed by atoms with Crippen molar-refractivity contribution in [3.8, 4) is 0 Å². The maximum Gasteiger partial charge on any atom is 0.166 e. The molecule has 1 aliphatic rings. The monoisotopic (exact) mass is 311 g/mol. The Balaban J connectivity index is 2.51. The van der Waals surface area contributed by atoms with Gasteiger partial charge in [0.25, 0.3) is 0 Å². The fourth-order valence-corrected chi connectivity index (χ4v) is 2.82. The van der Waals surface area contributed by atoms with Gasteiger partial charge in [0.1, 0.15) is 0 Å². The van der Waals surface area contributed by atoms with E-state index in [4.69, 9.17) is 23.2 Å². The lowest BCUT2D eigenvalue weighted by Crippen LogP contribution is -2.33. The summed E-state index contributed by atoms with van der Waals surface area (Å²) in [4.78, 5) is 24.1. The number of carbonyl (C=O) groups excluding carboxylic acids is 2. The van der Waals surface area contributed by atoms with Gasteiger partial charge in [-0.15, -0.1) is 0 Å². The minimum absolute atomic E-state index is 0.132. The van der Waals surface area contributed by atoms with Crippen molar-refractivity contribution in [2.75, 3.05) is 0 Å². The van der Waals surface area contributed by atoms with Gasteiger partial charge in [-0.2, -0.15) is 0 Å². The van der Waals surface area contributed by atoms with Crippen LogP contribution in [-0.2, 0) is 9.59 Å². The molecule has 0 aromatic heterocycles. The summed E-state index contributed by atoms with van der Waals surface area (Å²) >= 11 is 11.7. The summed E-state index contributed by atoms with van der Waals surface area (Å²) in [6.07, 6.45) is 0.371. The molecule has 2 rings (SSSR count). The van der Waals surface area contributed by atoms with Crippen LogP contribution in [0, 0.1) is 5.41 Å². The van der Waals surface area contributed by atoms with Crippen LogP contribution < -0.4 is 5.11 Å². The van der Waals surface area contributed by atoms with Gasteiger partial charge in [-0.25, -0.2) is 0 Å². The highest BCUT2D eigenvalue weighted by Gasteiger charge is 2.36. The van der Waals surface area contributed by atoms with Crippen LogP contribution in [-0.4, -0.2) is 11.6 Å². The smallest absolute Gasteiger partial charge is 0.166 e. The molecule has 20 heavy (non-hydrogen) atoms. The quantitative estimate of drug-likeness (QED) is 0.455. The number of ketones is 2. The summed E-state index contributed by atoms with van der Waals surface area (Å²) in [6, 6.07) is 4.35. The molecule has 0 radical (unpaired) electrons. The van der Waals surface area contributed by atoms with Gasteiger partial charge >= 0.3 is 0 Å². The summed E-state index contributed by atoms with van der Waals surface area (Å²) < 4.78 is 0. The number of hydrogen-bond donors (Lipinski definition) is 0. The van der Waals surface area contributed by atoms with Gasteiger partial charge in [-0.1, -0.05) is 48.9 Å². The maximum absolute atomic E-state index is 12.4. The van der Waals surface area contributed by atoms with E-state index in [0.29, 0.717) is 5.02 Å². The molecule has 1 fully saturated rings. The van der Waals surface area contributed by atoms with Gasteiger partial charge in [-0.3, -0.25) is 9.59 Å². The van der Waals surface area contributed by atoms with Crippen LogP contribution in [0.15, 0.2) is 23.8 Å². The van der Waals surface area contributed by atoms with E-state index < -0.39 is 22.7 Å². The van der Waals surface area contributed by atoms with E-state index in [0.717, 1.165) is 0 Å². The molecule has 0 amide bonds. The zero-order valence-electron chi connectivity index (χ0n) is 11.1. The first-order valence-corrected chi connectivity index (χ1v) is 6.90. The van der Waals surface area contributed by atoms with Gasteiger partial charge in [-0.05, 0) is 23.1 Å². The molecule has 3 nitrogen and oxygen atoms in total. The number of hydrogen-bond acceptors (Lipinski definition) is 3.